The van der Waals surface area contributed by atoms with Crippen LogP contribution in [0.3, 0.4) is 0 Å². The van der Waals surface area contributed by atoms with Gasteiger partial charge in [0.1, 0.15) is 24.7 Å². The maximum Gasteiger partial charge on any atom is 0.122 e. The molecule has 21 heavy (non-hydrogen) atoms. The average molecular weight is 286 g/mol. The summed E-state index contributed by atoms with van der Waals surface area (Å²) in [4.78, 5) is 0. The summed E-state index contributed by atoms with van der Waals surface area (Å²) in [5.41, 5.74) is 7.65. The SMILES string of the molecule is CNCCc1ccc(OCCOc2ccc(N)cc2)cc1. The first-order chi connectivity index (χ1) is 10.3. The van der Waals surface area contributed by atoms with Gasteiger partial charge in [-0.05, 0) is 62.0 Å². The molecule has 2 aromatic rings. The Bertz CT molecular complexity index is 523. The molecule has 0 bridgehead atoms. The van der Waals surface area contributed by atoms with E-state index in [0.717, 1.165) is 30.2 Å². The second-order valence-corrected chi connectivity index (χ2v) is 4.76. The Morgan fingerprint density at radius 3 is 1.90 bits per heavy atom. The highest BCUT2D eigenvalue weighted by Crippen LogP contribution is 2.14. The number of nitrogen functional groups attached to an aromatic ring is 1. The van der Waals surface area contributed by atoms with Crippen LogP contribution in [0.4, 0.5) is 5.69 Å². The summed E-state index contributed by atoms with van der Waals surface area (Å²) in [5.74, 6) is 1.67. The van der Waals surface area contributed by atoms with Gasteiger partial charge in [0.2, 0.25) is 0 Å². The Labute approximate surface area is 125 Å². The molecule has 0 spiro atoms. The number of likely N-dealkylation sites (N-methyl/N-ethyl adjacent to an activating group) is 1. The largest absolute Gasteiger partial charge is 0.490 e. The molecule has 0 fully saturated rings. The third-order valence-corrected chi connectivity index (χ3v) is 3.09. The van der Waals surface area contributed by atoms with Crippen molar-refractivity contribution >= 4 is 5.69 Å². The predicted octanol–water partition coefficient (Wildman–Crippen LogP) is 2.49. The summed E-state index contributed by atoms with van der Waals surface area (Å²) >= 11 is 0. The number of nitrogens with one attached hydrogen (secondary N) is 1. The van der Waals surface area contributed by atoms with E-state index < -0.39 is 0 Å². The van der Waals surface area contributed by atoms with Gasteiger partial charge in [-0.2, -0.15) is 0 Å². The van der Waals surface area contributed by atoms with E-state index in [0.29, 0.717) is 13.2 Å². The van der Waals surface area contributed by atoms with Gasteiger partial charge in [-0.15, -0.1) is 0 Å². The predicted molar refractivity (Wildman–Crippen MR) is 85.9 cm³/mol. The number of nitrogens with two attached hydrogens (primary N) is 1. The summed E-state index contributed by atoms with van der Waals surface area (Å²) < 4.78 is 11.2. The van der Waals surface area contributed by atoms with E-state index in [2.05, 4.69) is 17.4 Å². The van der Waals surface area contributed by atoms with E-state index in [-0.39, 0.29) is 0 Å². The quantitative estimate of drug-likeness (QED) is 0.578. The fourth-order valence-electron chi connectivity index (χ4n) is 1.90. The molecule has 0 radical (unpaired) electrons. The number of rotatable bonds is 8. The Balaban J connectivity index is 1.69. The first kappa shape index (κ1) is 15.2. The lowest BCUT2D eigenvalue weighted by Gasteiger charge is -2.09. The van der Waals surface area contributed by atoms with Crippen LogP contribution in [-0.2, 0) is 6.42 Å². The van der Waals surface area contributed by atoms with E-state index in [4.69, 9.17) is 15.2 Å². The lowest BCUT2D eigenvalue weighted by molar-refractivity contribution is 0.217. The molecule has 0 aromatic heterocycles. The molecule has 4 nitrogen and oxygen atoms in total. The molecule has 0 saturated carbocycles. The minimum atomic E-state index is 0.505. The minimum Gasteiger partial charge on any atom is -0.490 e. The lowest BCUT2D eigenvalue weighted by atomic mass is 10.1. The molecule has 0 aliphatic heterocycles. The molecular weight excluding hydrogens is 264 g/mol. The highest BCUT2D eigenvalue weighted by Gasteiger charge is 1.97. The van der Waals surface area contributed by atoms with Gasteiger partial charge in [-0.3, -0.25) is 0 Å². The van der Waals surface area contributed by atoms with Crippen LogP contribution in [0.2, 0.25) is 0 Å². The van der Waals surface area contributed by atoms with Crippen LogP contribution in [0.5, 0.6) is 11.5 Å². The van der Waals surface area contributed by atoms with Crippen molar-refractivity contribution < 1.29 is 9.47 Å². The fraction of sp³-hybridized carbons (Fsp3) is 0.294. The molecule has 2 aromatic carbocycles. The minimum absolute atomic E-state index is 0.505. The molecule has 0 saturated heterocycles. The fourth-order valence-corrected chi connectivity index (χ4v) is 1.90. The maximum atomic E-state index is 5.65. The Kier molecular flexibility index (Phi) is 5.91. The summed E-state index contributed by atoms with van der Waals surface area (Å²) in [6, 6.07) is 15.5. The van der Waals surface area contributed by atoms with Crippen molar-refractivity contribution in [2.75, 3.05) is 32.5 Å². The van der Waals surface area contributed by atoms with Gasteiger partial charge in [-0.25, -0.2) is 0 Å². The van der Waals surface area contributed by atoms with Crippen molar-refractivity contribution in [3.63, 3.8) is 0 Å². The van der Waals surface area contributed by atoms with Crippen molar-refractivity contribution in [1.29, 1.82) is 0 Å². The zero-order valence-corrected chi connectivity index (χ0v) is 12.3. The molecule has 0 amide bonds. The summed E-state index contributed by atoms with van der Waals surface area (Å²) in [7, 11) is 1.96. The van der Waals surface area contributed by atoms with Gasteiger partial charge in [0.25, 0.3) is 0 Å². The standard InChI is InChI=1S/C17H22N2O2/c1-19-11-10-14-2-6-16(7-3-14)20-12-13-21-17-8-4-15(18)5-9-17/h2-9,19H,10-13,18H2,1H3. The van der Waals surface area contributed by atoms with E-state index in [1.807, 2.05) is 43.4 Å². The second-order valence-electron chi connectivity index (χ2n) is 4.76. The number of ether oxygens (including phenoxy) is 2. The van der Waals surface area contributed by atoms with Gasteiger partial charge in [0.15, 0.2) is 0 Å². The first-order valence-corrected chi connectivity index (χ1v) is 7.12. The van der Waals surface area contributed by atoms with Gasteiger partial charge in [0.05, 0.1) is 0 Å². The smallest absolute Gasteiger partial charge is 0.122 e. The zero-order valence-electron chi connectivity index (χ0n) is 12.3. The van der Waals surface area contributed by atoms with Crippen LogP contribution in [0.25, 0.3) is 0 Å². The van der Waals surface area contributed by atoms with Crippen molar-refractivity contribution in [1.82, 2.24) is 5.32 Å². The molecule has 112 valence electrons. The van der Waals surface area contributed by atoms with E-state index >= 15 is 0 Å². The average Bonchev–Trinajstić information content (AvgIpc) is 2.52. The molecule has 3 N–H and O–H groups in total. The normalized spacial score (nSPS) is 10.3. The van der Waals surface area contributed by atoms with Crippen LogP contribution >= 0.6 is 0 Å². The molecule has 0 atom stereocenters. The van der Waals surface area contributed by atoms with Crippen molar-refractivity contribution in [2.45, 2.75) is 6.42 Å². The molecule has 0 unspecified atom stereocenters. The molecule has 2 rings (SSSR count). The monoisotopic (exact) mass is 286 g/mol. The Hall–Kier alpha value is -2.20. The molecule has 0 aliphatic carbocycles. The van der Waals surface area contributed by atoms with E-state index in [1.165, 1.54) is 5.56 Å². The highest BCUT2D eigenvalue weighted by atomic mass is 16.5. The summed E-state index contributed by atoms with van der Waals surface area (Å²) in [6.07, 6.45) is 1.02. The van der Waals surface area contributed by atoms with E-state index in [1.54, 1.807) is 0 Å². The molecule has 0 aliphatic rings. The van der Waals surface area contributed by atoms with Gasteiger partial charge in [-0.1, -0.05) is 12.1 Å². The second kappa shape index (κ2) is 8.17. The summed E-state index contributed by atoms with van der Waals surface area (Å²) in [6.45, 7) is 2.00. The third-order valence-electron chi connectivity index (χ3n) is 3.09. The Morgan fingerprint density at radius 2 is 1.38 bits per heavy atom. The topological polar surface area (TPSA) is 56.5 Å². The number of hydrogen-bond acceptors (Lipinski definition) is 4. The molecular formula is C17H22N2O2. The summed E-state index contributed by atoms with van der Waals surface area (Å²) in [5, 5.41) is 3.14. The number of anilines is 1. The lowest BCUT2D eigenvalue weighted by Crippen LogP contribution is -2.10. The van der Waals surface area contributed by atoms with Crippen LogP contribution in [-0.4, -0.2) is 26.8 Å². The first-order valence-electron chi connectivity index (χ1n) is 7.12. The van der Waals surface area contributed by atoms with Crippen molar-refractivity contribution in [2.24, 2.45) is 0 Å². The van der Waals surface area contributed by atoms with Crippen LogP contribution < -0.4 is 20.5 Å². The Morgan fingerprint density at radius 1 is 0.857 bits per heavy atom. The van der Waals surface area contributed by atoms with Gasteiger partial charge in [0, 0.05) is 5.69 Å². The molecule has 4 heteroatoms. The van der Waals surface area contributed by atoms with Gasteiger partial charge >= 0.3 is 0 Å². The van der Waals surface area contributed by atoms with Crippen LogP contribution in [0.15, 0.2) is 48.5 Å². The number of hydrogen-bond donors (Lipinski definition) is 2. The molecule has 0 heterocycles. The zero-order chi connectivity index (χ0) is 14.9. The van der Waals surface area contributed by atoms with Crippen molar-refractivity contribution in [3.05, 3.63) is 54.1 Å². The van der Waals surface area contributed by atoms with E-state index in [9.17, 15) is 0 Å². The van der Waals surface area contributed by atoms with Crippen molar-refractivity contribution in [3.8, 4) is 11.5 Å². The van der Waals surface area contributed by atoms with Gasteiger partial charge < -0.3 is 20.5 Å². The van der Waals surface area contributed by atoms with Crippen LogP contribution in [0, 0.1) is 0 Å². The number of benzene rings is 2. The maximum absolute atomic E-state index is 5.65. The highest BCUT2D eigenvalue weighted by molar-refractivity contribution is 5.41. The third kappa shape index (κ3) is 5.36. The van der Waals surface area contributed by atoms with Crippen LogP contribution in [0.1, 0.15) is 5.56 Å².